The van der Waals surface area contributed by atoms with Crippen LogP contribution in [-0.4, -0.2) is 0 Å². The molecule has 0 N–H and O–H groups in total. The molecular weight excluding hydrogens is 148 g/mol. The summed E-state index contributed by atoms with van der Waals surface area (Å²) in [5, 5.41) is 8.63. The zero-order chi connectivity index (χ0) is 8.97. The minimum Gasteiger partial charge on any atom is -0.312 e. The molecule has 0 bridgehead atoms. The third kappa shape index (κ3) is 1.84. The van der Waals surface area contributed by atoms with Gasteiger partial charge in [-0.15, -0.1) is 0 Å². The second kappa shape index (κ2) is 3.55. The van der Waals surface area contributed by atoms with Crippen LogP contribution in [0.25, 0.3) is 4.85 Å². The Morgan fingerprint density at radius 2 is 2.25 bits per heavy atom. The Hall–Kier alpha value is -1.80. The zero-order valence-corrected chi connectivity index (χ0v) is 6.83. The van der Waals surface area contributed by atoms with Crippen molar-refractivity contribution in [3.8, 4) is 6.07 Å². The molecule has 12 heavy (non-hydrogen) atoms. The Labute approximate surface area is 71.9 Å². The van der Waals surface area contributed by atoms with Gasteiger partial charge in [0.2, 0.25) is 6.54 Å². The van der Waals surface area contributed by atoms with E-state index in [0.29, 0.717) is 12.1 Å². The molecule has 0 radical (unpaired) electrons. The molecule has 0 aliphatic carbocycles. The maximum atomic E-state index is 8.63. The van der Waals surface area contributed by atoms with E-state index in [2.05, 4.69) is 10.9 Å². The Morgan fingerprint density at radius 3 is 2.83 bits per heavy atom. The lowest BCUT2D eigenvalue weighted by Crippen LogP contribution is -1.84. The van der Waals surface area contributed by atoms with Gasteiger partial charge in [-0.1, -0.05) is 0 Å². The minimum atomic E-state index is 0.357. The molecule has 2 heteroatoms. The molecular formula is C10H8N2. The standard InChI is InChI=1S/C10H8N2/c1-8-3-9(6-11)5-10(4-8)7-12-2/h3-5H,7H2,1H3. The van der Waals surface area contributed by atoms with Crippen LogP contribution in [0.2, 0.25) is 0 Å². The van der Waals surface area contributed by atoms with Gasteiger partial charge in [-0.2, -0.15) is 5.26 Å². The van der Waals surface area contributed by atoms with Gasteiger partial charge in [0.05, 0.1) is 11.6 Å². The summed E-state index contributed by atoms with van der Waals surface area (Å²) >= 11 is 0. The van der Waals surface area contributed by atoms with E-state index >= 15 is 0 Å². The minimum absolute atomic E-state index is 0.357. The highest BCUT2D eigenvalue weighted by Gasteiger charge is 1.98. The highest BCUT2D eigenvalue weighted by Crippen LogP contribution is 2.09. The molecule has 0 aliphatic heterocycles. The Balaban J connectivity index is 3.10. The van der Waals surface area contributed by atoms with Crippen molar-refractivity contribution in [1.82, 2.24) is 0 Å². The molecule has 0 unspecified atom stereocenters. The largest absolute Gasteiger partial charge is 0.312 e. The van der Waals surface area contributed by atoms with E-state index in [1.165, 1.54) is 0 Å². The van der Waals surface area contributed by atoms with Crippen LogP contribution in [0.1, 0.15) is 16.7 Å². The monoisotopic (exact) mass is 156 g/mol. The SMILES string of the molecule is [C-]#[N+]Cc1cc(C)cc(C#N)c1. The number of aryl methyl sites for hydroxylation is 1. The van der Waals surface area contributed by atoms with Crippen LogP contribution in [0, 0.1) is 24.8 Å². The van der Waals surface area contributed by atoms with Gasteiger partial charge in [0, 0.05) is 5.56 Å². The summed E-state index contributed by atoms with van der Waals surface area (Å²) in [5.74, 6) is 0. The van der Waals surface area contributed by atoms with Crippen molar-refractivity contribution in [3.05, 3.63) is 46.3 Å². The summed E-state index contributed by atoms with van der Waals surface area (Å²) in [7, 11) is 0. The quantitative estimate of drug-likeness (QED) is 0.573. The van der Waals surface area contributed by atoms with Crippen molar-refractivity contribution in [3.63, 3.8) is 0 Å². The Bertz CT molecular complexity index is 366. The molecule has 0 saturated heterocycles. The van der Waals surface area contributed by atoms with E-state index < -0.39 is 0 Å². The molecule has 1 aromatic rings. The number of nitriles is 1. The summed E-state index contributed by atoms with van der Waals surface area (Å²) < 4.78 is 0. The smallest absolute Gasteiger partial charge is 0.239 e. The molecule has 1 rings (SSSR count). The van der Waals surface area contributed by atoms with Crippen molar-refractivity contribution in [2.45, 2.75) is 13.5 Å². The first-order valence-corrected chi connectivity index (χ1v) is 3.60. The van der Waals surface area contributed by atoms with Crippen LogP contribution in [0.15, 0.2) is 18.2 Å². The van der Waals surface area contributed by atoms with Gasteiger partial charge in [-0.05, 0) is 30.7 Å². The van der Waals surface area contributed by atoms with Gasteiger partial charge < -0.3 is 4.85 Å². The third-order valence-electron chi connectivity index (χ3n) is 1.53. The van der Waals surface area contributed by atoms with Gasteiger partial charge in [0.25, 0.3) is 0 Å². The lowest BCUT2D eigenvalue weighted by molar-refractivity contribution is 1.23. The number of hydrogen-bond acceptors (Lipinski definition) is 1. The molecule has 0 aromatic heterocycles. The van der Waals surface area contributed by atoms with E-state index in [1.807, 2.05) is 19.1 Å². The number of benzene rings is 1. The van der Waals surface area contributed by atoms with Crippen LogP contribution >= 0.6 is 0 Å². The third-order valence-corrected chi connectivity index (χ3v) is 1.53. The van der Waals surface area contributed by atoms with Crippen LogP contribution in [-0.2, 0) is 6.54 Å². The van der Waals surface area contributed by atoms with E-state index in [0.717, 1.165) is 11.1 Å². The van der Waals surface area contributed by atoms with Crippen molar-refractivity contribution < 1.29 is 0 Å². The number of rotatable bonds is 1. The molecule has 0 aliphatic rings. The van der Waals surface area contributed by atoms with Crippen molar-refractivity contribution >= 4 is 0 Å². The highest BCUT2D eigenvalue weighted by molar-refractivity contribution is 5.37. The van der Waals surface area contributed by atoms with Crippen molar-refractivity contribution in [2.24, 2.45) is 0 Å². The summed E-state index contributed by atoms with van der Waals surface area (Å²) in [6.07, 6.45) is 0. The normalized spacial score (nSPS) is 8.58. The summed E-state index contributed by atoms with van der Waals surface area (Å²) in [6, 6.07) is 7.56. The number of nitrogens with zero attached hydrogens (tertiary/aromatic N) is 2. The van der Waals surface area contributed by atoms with Crippen LogP contribution < -0.4 is 0 Å². The van der Waals surface area contributed by atoms with Crippen LogP contribution in [0.4, 0.5) is 0 Å². The van der Waals surface area contributed by atoms with Crippen LogP contribution in [0.3, 0.4) is 0 Å². The topological polar surface area (TPSA) is 28.1 Å². The second-order valence-electron chi connectivity index (χ2n) is 2.64. The zero-order valence-electron chi connectivity index (χ0n) is 6.83. The molecule has 0 amide bonds. The molecule has 0 atom stereocenters. The fraction of sp³-hybridized carbons (Fsp3) is 0.200. The fourth-order valence-corrected chi connectivity index (χ4v) is 1.11. The van der Waals surface area contributed by atoms with E-state index in [9.17, 15) is 0 Å². The van der Waals surface area contributed by atoms with E-state index in [1.54, 1.807) is 6.07 Å². The maximum absolute atomic E-state index is 8.63. The highest BCUT2D eigenvalue weighted by atomic mass is 14.6. The average Bonchev–Trinajstić information content (AvgIpc) is 2.04. The Morgan fingerprint density at radius 1 is 1.50 bits per heavy atom. The molecule has 58 valence electrons. The molecule has 0 heterocycles. The average molecular weight is 156 g/mol. The molecule has 1 aromatic carbocycles. The summed E-state index contributed by atoms with van der Waals surface area (Å²) in [6.45, 7) is 8.96. The lowest BCUT2D eigenvalue weighted by Gasteiger charge is -1.96. The first kappa shape index (κ1) is 8.30. The second-order valence-corrected chi connectivity index (χ2v) is 2.64. The van der Waals surface area contributed by atoms with E-state index in [-0.39, 0.29) is 0 Å². The van der Waals surface area contributed by atoms with Gasteiger partial charge in [-0.3, -0.25) is 0 Å². The van der Waals surface area contributed by atoms with Crippen molar-refractivity contribution in [1.29, 1.82) is 5.26 Å². The predicted octanol–water partition coefficient (Wildman–Crippen LogP) is 2.29. The van der Waals surface area contributed by atoms with Gasteiger partial charge in [-0.25, -0.2) is 6.57 Å². The first-order chi connectivity index (χ1) is 5.76. The van der Waals surface area contributed by atoms with Crippen molar-refractivity contribution in [2.75, 3.05) is 0 Å². The fourth-order valence-electron chi connectivity index (χ4n) is 1.11. The summed E-state index contributed by atoms with van der Waals surface area (Å²) in [5.41, 5.74) is 2.59. The molecule has 0 spiro atoms. The lowest BCUT2D eigenvalue weighted by atomic mass is 10.1. The summed E-state index contributed by atoms with van der Waals surface area (Å²) in [4.78, 5) is 3.26. The maximum Gasteiger partial charge on any atom is 0.239 e. The van der Waals surface area contributed by atoms with Crippen LogP contribution in [0.5, 0.6) is 0 Å². The van der Waals surface area contributed by atoms with E-state index in [4.69, 9.17) is 11.8 Å². The molecule has 0 saturated carbocycles. The molecule has 0 fully saturated rings. The Kier molecular flexibility index (Phi) is 2.46. The number of hydrogen-bond donors (Lipinski definition) is 0. The van der Waals surface area contributed by atoms with Gasteiger partial charge in [0.15, 0.2) is 0 Å². The first-order valence-electron chi connectivity index (χ1n) is 3.60. The van der Waals surface area contributed by atoms with Gasteiger partial charge >= 0.3 is 0 Å². The van der Waals surface area contributed by atoms with Gasteiger partial charge in [0.1, 0.15) is 0 Å². The predicted molar refractivity (Wildman–Crippen MR) is 46.2 cm³/mol. The molecule has 2 nitrogen and oxygen atoms in total.